The van der Waals surface area contributed by atoms with Crippen molar-refractivity contribution in [2.45, 2.75) is 90.6 Å². The quantitative estimate of drug-likeness (QED) is 0.596. The second kappa shape index (κ2) is 9.90. The number of carbonyl (C=O) groups is 3. The minimum absolute atomic E-state index is 0.146. The molecule has 0 saturated heterocycles. The van der Waals surface area contributed by atoms with Crippen molar-refractivity contribution >= 4 is 17.9 Å². The number of carbonyl (C=O) groups excluding carboxylic acids is 3. The summed E-state index contributed by atoms with van der Waals surface area (Å²) in [5, 5.41) is 15.4. The molecule has 2 rings (SSSR count). The molecule has 32 heavy (non-hydrogen) atoms. The van der Waals surface area contributed by atoms with Gasteiger partial charge in [0.25, 0.3) is 0 Å². The molecule has 1 aliphatic rings. The summed E-state index contributed by atoms with van der Waals surface area (Å²) in [4.78, 5) is 40.8. The van der Waals surface area contributed by atoms with Crippen molar-refractivity contribution in [1.29, 1.82) is 0 Å². The molecule has 1 aliphatic carbocycles. The fourth-order valence-corrected chi connectivity index (χ4v) is 3.43. The molecule has 0 heterocycles. The fourth-order valence-electron chi connectivity index (χ4n) is 3.43. The van der Waals surface area contributed by atoms with Gasteiger partial charge in [-0.1, -0.05) is 24.3 Å². The number of amides is 3. The molecule has 0 aromatic heterocycles. The molecule has 1 fully saturated rings. The number of ether oxygens (including phenoxy) is 1. The third-order valence-corrected chi connectivity index (χ3v) is 4.87. The second-order valence-electron chi connectivity index (χ2n) is 10.4. The van der Waals surface area contributed by atoms with Crippen LogP contribution in [0.15, 0.2) is 24.3 Å². The van der Waals surface area contributed by atoms with Gasteiger partial charge < -0.3 is 25.4 Å². The van der Waals surface area contributed by atoms with Crippen LogP contribution in [0, 0.1) is 6.92 Å². The number of aliphatic hydroxyl groups is 1. The maximum absolute atomic E-state index is 13.6. The molecule has 1 aromatic rings. The maximum Gasteiger partial charge on any atom is 0.408 e. The summed E-state index contributed by atoms with van der Waals surface area (Å²) in [5.41, 5.74) is 0.338. The van der Waals surface area contributed by atoms with Gasteiger partial charge in [0.1, 0.15) is 17.7 Å². The van der Waals surface area contributed by atoms with E-state index >= 15 is 0 Å². The Morgan fingerprint density at radius 3 is 2.19 bits per heavy atom. The van der Waals surface area contributed by atoms with Crippen LogP contribution in [0.2, 0.25) is 0 Å². The molecule has 0 spiro atoms. The number of alkyl carbamates (subject to hydrolysis) is 1. The van der Waals surface area contributed by atoms with Crippen LogP contribution in [0.5, 0.6) is 0 Å². The van der Waals surface area contributed by atoms with E-state index < -0.39 is 41.8 Å². The van der Waals surface area contributed by atoms with Gasteiger partial charge in [-0.3, -0.25) is 9.59 Å². The lowest BCUT2D eigenvalue weighted by molar-refractivity contribution is -0.144. The van der Waals surface area contributed by atoms with Gasteiger partial charge in [0.2, 0.25) is 11.8 Å². The second-order valence-corrected chi connectivity index (χ2v) is 10.4. The molecule has 3 N–H and O–H groups in total. The SMILES string of the molecule is Cc1ccccc1C(C(=O)NC(C)(C)C)N(C(=O)C(CO)NC(=O)OC(C)(C)C)C1CC1. The van der Waals surface area contributed by atoms with Gasteiger partial charge in [0, 0.05) is 11.6 Å². The molecular formula is C24H37N3O5. The molecular weight excluding hydrogens is 410 g/mol. The zero-order chi connectivity index (χ0) is 24.3. The van der Waals surface area contributed by atoms with E-state index in [0.29, 0.717) is 5.56 Å². The van der Waals surface area contributed by atoms with Crippen molar-refractivity contribution < 1.29 is 24.2 Å². The van der Waals surface area contributed by atoms with Gasteiger partial charge in [0.05, 0.1) is 6.61 Å². The van der Waals surface area contributed by atoms with Crippen LogP contribution in [-0.2, 0) is 14.3 Å². The minimum Gasteiger partial charge on any atom is -0.444 e. The molecule has 0 bridgehead atoms. The normalized spacial score (nSPS) is 16.0. The van der Waals surface area contributed by atoms with E-state index in [-0.39, 0.29) is 11.9 Å². The van der Waals surface area contributed by atoms with Crippen molar-refractivity contribution in [2.75, 3.05) is 6.61 Å². The average molecular weight is 448 g/mol. The minimum atomic E-state index is -1.22. The number of nitrogens with zero attached hydrogens (tertiary/aromatic N) is 1. The summed E-state index contributed by atoms with van der Waals surface area (Å²) >= 11 is 0. The monoisotopic (exact) mass is 447 g/mol. The first kappa shape index (κ1) is 25.6. The number of aliphatic hydroxyl groups excluding tert-OH is 1. The number of benzene rings is 1. The van der Waals surface area contributed by atoms with Crippen LogP contribution in [-0.4, -0.2) is 57.7 Å². The lowest BCUT2D eigenvalue weighted by atomic mass is 9.96. The highest BCUT2D eigenvalue weighted by atomic mass is 16.6. The first-order valence-corrected chi connectivity index (χ1v) is 11.0. The number of hydrogen-bond acceptors (Lipinski definition) is 5. The lowest BCUT2D eigenvalue weighted by Crippen LogP contribution is -2.56. The third-order valence-electron chi connectivity index (χ3n) is 4.87. The zero-order valence-corrected chi connectivity index (χ0v) is 20.2. The molecule has 1 saturated carbocycles. The van der Waals surface area contributed by atoms with Crippen molar-refractivity contribution in [3.05, 3.63) is 35.4 Å². The number of aryl methyl sites for hydroxylation is 1. The van der Waals surface area contributed by atoms with Crippen molar-refractivity contribution in [3.63, 3.8) is 0 Å². The Morgan fingerprint density at radius 2 is 1.72 bits per heavy atom. The van der Waals surface area contributed by atoms with Crippen molar-refractivity contribution in [3.8, 4) is 0 Å². The average Bonchev–Trinajstić information content (AvgIpc) is 3.46. The Labute approximate surface area is 190 Å². The van der Waals surface area contributed by atoms with E-state index in [2.05, 4.69) is 10.6 Å². The van der Waals surface area contributed by atoms with Crippen LogP contribution in [0.3, 0.4) is 0 Å². The molecule has 8 nitrogen and oxygen atoms in total. The molecule has 2 atom stereocenters. The summed E-state index contributed by atoms with van der Waals surface area (Å²) in [6.45, 7) is 12.1. The Hall–Kier alpha value is -2.61. The van der Waals surface area contributed by atoms with Crippen LogP contribution in [0.1, 0.15) is 71.6 Å². The fraction of sp³-hybridized carbons (Fsp3) is 0.625. The molecule has 0 aliphatic heterocycles. The number of rotatable bonds is 7. The van der Waals surface area contributed by atoms with E-state index in [9.17, 15) is 19.5 Å². The Kier molecular flexibility index (Phi) is 7.93. The van der Waals surface area contributed by atoms with Crippen LogP contribution < -0.4 is 10.6 Å². The topological polar surface area (TPSA) is 108 Å². The zero-order valence-electron chi connectivity index (χ0n) is 20.2. The Morgan fingerprint density at radius 1 is 1.12 bits per heavy atom. The lowest BCUT2D eigenvalue weighted by Gasteiger charge is -2.36. The molecule has 1 aromatic carbocycles. The number of nitrogens with one attached hydrogen (secondary N) is 2. The Balaban J connectivity index is 2.41. The highest BCUT2D eigenvalue weighted by molar-refractivity contribution is 5.93. The van der Waals surface area contributed by atoms with Crippen molar-refractivity contribution in [1.82, 2.24) is 15.5 Å². The van der Waals surface area contributed by atoms with Gasteiger partial charge in [-0.25, -0.2) is 4.79 Å². The highest BCUT2D eigenvalue weighted by Crippen LogP contribution is 2.36. The summed E-state index contributed by atoms with van der Waals surface area (Å²) in [6, 6.07) is 5.18. The van der Waals surface area contributed by atoms with E-state index in [1.807, 2.05) is 52.0 Å². The molecule has 2 unspecified atom stereocenters. The number of hydrogen-bond donors (Lipinski definition) is 3. The summed E-state index contributed by atoms with van der Waals surface area (Å²) in [7, 11) is 0. The maximum atomic E-state index is 13.6. The van der Waals surface area contributed by atoms with Crippen LogP contribution in [0.25, 0.3) is 0 Å². The van der Waals surface area contributed by atoms with E-state index in [4.69, 9.17) is 4.74 Å². The predicted molar refractivity (Wildman–Crippen MR) is 122 cm³/mol. The first-order valence-electron chi connectivity index (χ1n) is 11.0. The first-order chi connectivity index (χ1) is 14.7. The van der Waals surface area contributed by atoms with Crippen molar-refractivity contribution in [2.24, 2.45) is 0 Å². The third kappa shape index (κ3) is 7.22. The van der Waals surface area contributed by atoms with E-state index in [1.165, 1.54) is 4.90 Å². The molecule has 3 amide bonds. The Bertz CT molecular complexity index is 837. The van der Waals surface area contributed by atoms with Gasteiger partial charge >= 0.3 is 6.09 Å². The molecule has 178 valence electrons. The largest absolute Gasteiger partial charge is 0.444 e. The van der Waals surface area contributed by atoms with Gasteiger partial charge in [-0.05, 0) is 72.4 Å². The summed E-state index contributed by atoms with van der Waals surface area (Å²) in [6.07, 6.45) is 0.704. The van der Waals surface area contributed by atoms with Gasteiger partial charge in [-0.15, -0.1) is 0 Å². The smallest absolute Gasteiger partial charge is 0.408 e. The van der Waals surface area contributed by atoms with Crippen LogP contribution >= 0.6 is 0 Å². The van der Waals surface area contributed by atoms with Gasteiger partial charge in [0.15, 0.2) is 0 Å². The standard InChI is InChI=1S/C24H37N3O5/c1-15-10-8-9-11-17(15)19(20(29)26-23(2,3)4)27(16-12-13-16)21(30)18(14-28)25-22(31)32-24(5,6)7/h8-11,16,18-19,28H,12-14H2,1-7H3,(H,25,31)(H,26,29). The van der Waals surface area contributed by atoms with E-state index in [0.717, 1.165) is 18.4 Å². The molecule has 8 heteroatoms. The summed E-state index contributed by atoms with van der Waals surface area (Å²) in [5.74, 6) is -0.820. The summed E-state index contributed by atoms with van der Waals surface area (Å²) < 4.78 is 5.24. The van der Waals surface area contributed by atoms with E-state index in [1.54, 1.807) is 20.8 Å². The predicted octanol–water partition coefficient (Wildman–Crippen LogP) is 2.83. The molecule has 0 radical (unpaired) electrons. The van der Waals surface area contributed by atoms with Crippen LogP contribution in [0.4, 0.5) is 4.79 Å². The highest BCUT2D eigenvalue weighted by Gasteiger charge is 2.44. The van der Waals surface area contributed by atoms with Gasteiger partial charge in [-0.2, -0.15) is 0 Å².